The van der Waals surface area contributed by atoms with E-state index >= 15 is 0 Å². The molecule has 0 radical (unpaired) electrons. The second-order valence-electron chi connectivity index (χ2n) is 7.28. The van der Waals surface area contributed by atoms with E-state index in [4.69, 9.17) is 0 Å². The molecule has 1 saturated heterocycles. The van der Waals surface area contributed by atoms with Gasteiger partial charge in [0.25, 0.3) is 11.8 Å². The zero-order valence-corrected chi connectivity index (χ0v) is 15.7. The second kappa shape index (κ2) is 6.20. The van der Waals surface area contributed by atoms with Crippen LogP contribution in [0, 0.1) is 12.7 Å². The van der Waals surface area contributed by atoms with Crippen molar-refractivity contribution in [3.05, 3.63) is 94.6 Å². The number of carbonyl (C=O) groups is 2. The Balaban J connectivity index is 1.74. The Bertz CT molecular complexity index is 1130. The first-order valence-electron chi connectivity index (χ1n) is 9.31. The largest absolute Gasteiger partial charge is 0.306 e. The molecule has 5 rings (SSSR count). The van der Waals surface area contributed by atoms with Crippen LogP contribution < -0.4 is 0 Å². The topological polar surface area (TPSA) is 66.4 Å². The summed E-state index contributed by atoms with van der Waals surface area (Å²) in [5, 5.41) is 7.87. The third-order valence-electron chi connectivity index (χ3n) is 5.70. The fourth-order valence-corrected chi connectivity index (χ4v) is 4.37. The van der Waals surface area contributed by atoms with E-state index in [0.717, 1.165) is 11.1 Å². The van der Waals surface area contributed by atoms with Crippen LogP contribution in [0.5, 0.6) is 0 Å². The van der Waals surface area contributed by atoms with Gasteiger partial charge in [-0.3, -0.25) is 9.59 Å². The molecule has 144 valence electrons. The van der Waals surface area contributed by atoms with Crippen molar-refractivity contribution < 1.29 is 14.0 Å². The normalized spacial score (nSPS) is 20.0. The molecule has 0 N–H and O–H groups in total. The van der Waals surface area contributed by atoms with Gasteiger partial charge in [-0.2, -0.15) is 10.2 Å². The fraction of sp³-hybridized carbons (Fsp3) is 0.182. The Labute approximate surface area is 166 Å². The van der Waals surface area contributed by atoms with Gasteiger partial charge in [-0.1, -0.05) is 29.8 Å². The van der Waals surface area contributed by atoms with E-state index in [1.54, 1.807) is 16.0 Å². The van der Waals surface area contributed by atoms with Crippen LogP contribution in [0.25, 0.3) is 0 Å². The number of halogens is 1. The summed E-state index contributed by atoms with van der Waals surface area (Å²) in [6, 6.07) is 13.2. The van der Waals surface area contributed by atoms with Gasteiger partial charge in [-0.15, -0.1) is 0 Å². The Morgan fingerprint density at radius 2 is 1.69 bits per heavy atom. The minimum absolute atomic E-state index is 0.176. The molecule has 6 nitrogen and oxygen atoms in total. The molecule has 1 unspecified atom stereocenters. The van der Waals surface area contributed by atoms with Gasteiger partial charge >= 0.3 is 0 Å². The number of nitrogens with zero attached hydrogens (tertiary/aromatic N) is 4. The first-order chi connectivity index (χ1) is 14.0. The maximum absolute atomic E-state index is 13.5. The monoisotopic (exact) mass is 388 g/mol. The van der Waals surface area contributed by atoms with E-state index in [1.807, 2.05) is 31.2 Å². The zero-order valence-electron chi connectivity index (χ0n) is 15.7. The first kappa shape index (κ1) is 17.5. The third-order valence-corrected chi connectivity index (χ3v) is 5.70. The molecule has 3 heterocycles. The van der Waals surface area contributed by atoms with Crippen LogP contribution in [0.15, 0.2) is 60.9 Å². The highest BCUT2D eigenvalue weighted by molar-refractivity contribution is 6.03. The van der Waals surface area contributed by atoms with Crippen molar-refractivity contribution in [1.82, 2.24) is 20.0 Å². The second-order valence-corrected chi connectivity index (χ2v) is 7.28. The lowest BCUT2D eigenvalue weighted by molar-refractivity contribution is 0.0374. The first-order valence-corrected chi connectivity index (χ1v) is 9.31. The van der Waals surface area contributed by atoms with Gasteiger partial charge in [-0.05, 0) is 31.2 Å². The Kier molecular flexibility index (Phi) is 3.74. The number of hydrogen-bond acceptors (Lipinski definition) is 4. The van der Waals surface area contributed by atoms with Gasteiger partial charge in [0, 0.05) is 29.8 Å². The summed E-state index contributed by atoms with van der Waals surface area (Å²) in [6.45, 7) is 2.72. The third kappa shape index (κ3) is 2.33. The van der Waals surface area contributed by atoms with E-state index in [0.29, 0.717) is 29.8 Å². The lowest BCUT2D eigenvalue weighted by Crippen LogP contribution is -2.51. The van der Waals surface area contributed by atoms with Crippen LogP contribution >= 0.6 is 0 Å². The number of aromatic nitrogens is 2. The Hall–Kier alpha value is -3.61. The highest BCUT2D eigenvalue weighted by Crippen LogP contribution is 2.49. The molecular formula is C22H17FN4O2. The number of amides is 2. The SMILES string of the molecule is Cc1ccc(C23c4cnncc4C(=O)N2CCN3C(=O)c2ccc(F)cc2)cc1. The van der Waals surface area contributed by atoms with E-state index in [9.17, 15) is 14.0 Å². The summed E-state index contributed by atoms with van der Waals surface area (Å²) >= 11 is 0. The van der Waals surface area contributed by atoms with Crippen molar-refractivity contribution in [2.75, 3.05) is 13.1 Å². The van der Waals surface area contributed by atoms with E-state index < -0.39 is 11.5 Å². The van der Waals surface area contributed by atoms with E-state index in [2.05, 4.69) is 10.2 Å². The van der Waals surface area contributed by atoms with Crippen molar-refractivity contribution in [2.24, 2.45) is 0 Å². The minimum atomic E-state index is -1.10. The molecular weight excluding hydrogens is 371 g/mol. The zero-order chi connectivity index (χ0) is 20.2. The number of aryl methyl sites for hydroxylation is 1. The maximum atomic E-state index is 13.5. The van der Waals surface area contributed by atoms with Crippen LogP contribution in [0.1, 0.15) is 37.4 Å². The summed E-state index contributed by atoms with van der Waals surface area (Å²) < 4.78 is 13.4. The van der Waals surface area contributed by atoms with E-state index in [1.165, 1.54) is 30.5 Å². The summed E-state index contributed by atoms with van der Waals surface area (Å²) in [7, 11) is 0. The average Bonchev–Trinajstić information content (AvgIpc) is 3.25. The average molecular weight is 388 g/mol. The predicted molar refractivity (Wildman–Crippen MR) is 102 cm³/mol. The minimum Gasteiger partial charge on any atom is -0.306 e. The van der Waals surface area contributed by atoms with Gasteiger partial charge in [0.1, 0.15) is 5.82 Å². The van der Waals surface area contributed by atoms with Gasteiger partial charge in [0.05, 0.1) is 18.0 Å². The van der Waals surface area contributed by atoms with Crippen molar-refractivity contribution >= 4 is 11.8 Å². The molecule has 2 amide bonds. The molecule has 29 heavy (non-hydrogen) atoms. The van der Waals surface area contributed by atoms with Crippen LogP contribution in [0.2, 0.25) is 0 Å². The number of carbonyl (C=O) groups excluding carboxylic acids is 2. The lowest BCUT2D eigenvalue weighted by atomic mass is 9.90. The number of fused-ring (bicyclic) bond motifs is 3. The van der Waals surface area contributed by atoms with Crippen molar-refractivity contribution in [2.45, 2.75) is 12.6 Å². The number of benzene rings is 2. The van der Waals surface area contributed by atoms with Gasteiger partial charge < -0.3 is 9.80 Å². The molecule has 2 aliphatic rings. The van der Waals surface area contributed by atoms with Gasteiger partial charge in [0.2, 0.25) is 0 Å². The molecule has 2 aromatic carbocycles. The van der Waals surface area contributed by atoms with Crippen LogP contribution in [-0.4, -0.2) is 44.9 Å². The van der Waals surface area contributed by atoms with Crippen molar-refractivity contribution in [3.63, 3.8) is 0 Å². The van der Waals surface area contributed by atoms with Crippen LogP contribution in [0.3, 0.4) is 0 Å². The smallest absolute Gasteiger partial charge is 0.258 e. The standard InChI is InChI=1S/C22H17FN4O2/c1-14-2-6-16(7-3-14)22-19-13-25-24-12-18(19)21(29)27(22)11-10-26(22)20(28)15-4-8-17(23)9-5-15/h2-9,12-13H,10-11H2,1H3. The Morgan fingerprint density at radius 3 is 2.41 bits per heavy atom. The summed E-state index contributed by atoms with van der Waals surface area (Å²) in [6.07, 6.45) is 3.01. The molecule has 1 aromatic heterocycles. The molecule has 7 heteroatoms. The maximum Gasteiger partial charge on any atom is 0.258 e. The molecule has 2 aliphatic heterocycles. The van der Waals surface area contributed by atoms with Gasteiger partial charge in [-0.25, -0.2) is 4.39 Å². The van der Waals surface area contributed by atoms with Crippen molar-refractivity contribution in [3.8, 4) is 0 Å². The highest BCUT2D eigenvalue weighted by Gasteiger charge is 2.60. The molecule has 0 aliphatic carbocycles. The van der Waals surface area contributed by atoms with E-state index in [-0.39, 0.29) is 11.8 Å². The fourth-order valence-electron chi connectivity index (χ4n) is 4.37. The molecule has 0 bridgehead atoms. The number of rotatable bonds is 2. The van der Waals surface area contributed by atoms with Crippen LogP contribution in [0.4, 0.5) is 4.39 Å². The molecule has 3 aromatic rings. The van der Waals surface area contributed by atoms with Crippen molar-refractivity contribution in [1.29, 1.82) is 0 Å². The highest BCUT2D eigenvalue weighted by atomic mass is 19.1. The summed E-state index contributed by atoms with van der Waals surface area (Å²) in [5.74, 6) is -0.857. The number of hydrogen-bond donors (Lipinski definition) is 0. The van der Waals surface area contributed by atoms with Gasteiger partial charge in [0.15, 0.2) is 5.66 Å². The predicted octanol–water partition coefficient (Wildman–Crippen LogP) is 2.74. The Morgan fingerprint density at radius 1 is 1.00 bits per heavy atom. The molecule has 1 fully saturated rings. The summed E-state index contributed by atoms with van der Waals surface area (Å²) in [4.78, 5) is 30.0. The van der Waals surface area contributed by atoms with Crippen LogP contribution in [-0.2, 0) is 5.66 Å². The lowest BCUT2D eigenvalue weighted by Gasteiger charge is -2.40. The molecule has 0 spiro atoms. The summed E-state index contributed by atoms with van der Waals surface area (Å²) in [5.41, 5.74) is 2.22. The molecule has 0 saturated carbocycles. The molecule has 1 atom stereocenters. The quantitative estimate of drug-likeness (QED) is 0.677.